The largest absolute Gasteiger partial charge is 0.398 e. The van der Waals surface area contributed by atoms with E-state index < -0.39 is 0 Å². The predicted octanol–water partition coefficient (Wildman–Crippen LogP) is 3.95. The summed E-state index contributed by atoms with van der Waals surface area (Å²) in [6.45, 7) is 3.76. The molecule has 0 radical (unpaired) electrons. The van der Waals surface area contributed by atoms with Crippen LogP contribution in [0, 0.1) is 0 Å². The molecule has 0 saturated heterocycles. The van der Waals surface area contributed by atoms with Gasteiger partial charge in [-0.05, 0) is 31.2 Å². The number of halogens is 1. The molecular weight excluding hydrogens is 244 g/mol. The third-order valence-electron chi connectivity index (χ3n) is 3.01. The summed E-state index contributed by atoms with van der Waals surface area (Å²) in [5.41, 5.74) is 8.91. The van der Waals surface area contributed by atoms with Gasteiger partial charge in [-0.1, -0.05) is 35.9 Å². The van der Waals surface area contributed by atoms with Crippen molar-refractivity contribution in [1.29, 1.82) is 0 Å². The molecule has 0 aromatic heterocycles. The number of benzene rings is 2. The monoisotopic (exact) mass is 260 g/mol. The van der Waals surface area contributed by atoms with Gasteiger partial charge in [0.05, 0.1) is 0 Å². The third-order valence-corrected chi connectivity index (χ3v) is 3.36. The van der Waals surface area contributed by atoms with Crippen molar-refractivity contribution >= 4 is 23.0 Å². The van der Waals surface area contributed by atoms with Crippen LogP contribution in [0.3, 0.4) is 0 Å². The van der Waals surface area contributed by atoms with E-state index in [0.29, 0.717) is 0 Å². The molecule has 0 heterocycles. The normalized spacial score (nSPS) is 10.3. The number of hydrogen-bond acceptors (Lipinski definition) is 2. The van der Waals surface area contributed by atoms with Crippen LogP contribution < -0.4 is 10.6 Å². The van der Waals surface area contributed by atoms with Gasteiger partial charge < -0.3 is 10.6 Å². The number of nitrogens with two attached hydrogens (primary N) is 1. The Hall–Kier alpha value is -1.67. The van der Waals surface area contributed by atoms with Gasteiger partial charge in [-0.2, -0.15) is 0 Å². The van der Waals surface area contributed by atoms with E-state index in [-0.39, 0.29) is 0 Å². The molecule has 0 aliphatic heterocycles. The molecule has 0 atom stereocenters. The van der Waals surface area contributed by atoms with Gasteiger partial charge in [0.2, 0.25) is 0 Å². The molecule has 2 rings (SSSR count). The van der Waals surface area contributed by atoms with Crippen LogP contribution in [0.25, 0.3) is 0 Å². The van der Waals surface area contributed by atoms with Crippen molar-refractivity contribution in [3.05, 3.63) is 59.1 Å². The lowest BCUT2D eigenvalue weighted by Gasteiger charge is -2.24. The van der Waals surface area contributed by atoms with Crippen molar-refractivity contribution in [3.63, 3.8) is 0 Å². The average Bonchev–Trinajstić information content (AvgIpc) is 2.40. The zero-order valence-corrected chi connectivity index (χ0v) is 11.2. The van der Waals surface area contributed by atoms with E-state index in [1.807, 2.05) is 36.4 Å². The molecule has 3 heteroatoms. The summed E-state index contributed by atoms with van der Waals surface area (Å²) in [4.78, 5) is 2.25. The molecule has 0 amide bonds. The Labute approximate surface area is 113 Å². The molecule has 0 unspecified atom stereocenters. The molecule has 0 saturated carbocycles. The molecule has 0 fully saturated rings. The van der Waals surface area contributed by atoms with E-state index in [4.69, 9.17) is 17.3 Å². The first-order valence-electron chi connectivity index (χ1n) is 6.05. The molecule has 2 N–H and O–H groups in total. The van der Waals surface area contributed by atoms with E-state index in [1.54, 1.807) is 0 Å². The van der Waals surface area contributed by atoms with Crippen molar-refractivity contribution in [2.75, 3.05) is 17.2 Å². The summed E-state index contributed by atoms with van der Waals surface area (Å²) in [5, 5.41) is 0.726. The van der Waals surface area contributed by atoms with E-state index in [9.17, 15) is 0 Å². The molecule has 18 heavy (non-hydrogen) atoms. The van der Waals surface area contributed by atoms with E-state index in [1.165, 1.54) is 5.69 Å². The SMILES string of the molecule is CCN(Cc1c(N)cccc1Cl)c1ccccc1. The predicted molar refractivity (Wildman–Crippen MR) is 79.0 cm³/mol. The van der Waals surface area contributed by atoms with Crippen LogP contribution in [0.1, 0.15) is 12.5 Å². The minimum Gasteiger partial charge on any atom is -0.398 e. The van der Waals surface area contributed by atoms with Gasteiger partial charge in [-0.15, -0.1) is 0 Å². The summed E-state index contributed by atoms with van der Waals surface area (Å²) in [6, 6.07) is 15.9. The van der Waals surface area contributed by atoms with Crippen molar-refractivity contribution in [2.45, 2.75) is 13.5 Å². The zero-order chi connectivity index (χ0) is 13.0. The summed E-state index contributed by atoms with van der Waals surface area (Å²) in [7, 11) is 0. The minimum absolute atomic E-state index is 0.726. The maximum absolute atomic E-state index is 6.21. The third kappa shape index (κ3) is 2.77. The zero-order valence-electron chi connectivity index (χ0n) is 10.4. The highest BCUT2D eigenvalue weighted by Gasteiger charge is 2.10. The highest BCUT2D eigenvalue weighted by atomic mass is 35.5. The van der Waals surface area contributed by atoms with E-state index in [0.717, 1.165) is 29.4 Å². The first-order valence-corrected chi connectivity index (χ1v) is 6.43. The fourth-order valence-electron chi connectivity index (χ4n) is 1.96. The van der Waals surface area contributed by atoms with Gasteiger partial charge in [0.25, 0.3) is 0 Å². The quantitative estimate of drug-likeness (QED) is 0.844. The van der Waals surface area contributed by atoms with Gasteiger partial charge in [0.15, 0.2) is 0 Å². The minimum atomic E-state index is 0.726. The van der Waals surface area contributed by atoms with Gasteiger partial charge in [-0.3, -0.25) is 0 Å². The number of nitrogen functional groups attached to an aromatic ring is 1. The van der Waals surface area contributed by atoms with Crippen molar-refractivity contribution in [2.24, 2.45) is 0 Å². The first-order chi connectivity index (χ1) is 8.72. The molecule has 94 valence electrons. The molecule has 0 aliphatic carbocycles. The lowest BCUT2D eigenvalue weighted by Crippen LogP contribution is -2.22. The Balaban J connectivity index is 2.26. The fraction of sp³-hybridized carbons (Fsp3) is 0.200. The summed E-state index contributed by atoms with van der Waals surface area (Å²) in [5.74, 6) is 0. The summed E-state index contributed by atoms with van der Waals surface area (Å²) >= 11 is 6.21. The molecule has 0 bridgehead atoms. The van der Waals surface area contributed by atoms with Gasteiger partial charge in [0.1, 0.15) is 0 Å². The van der Waals surface area contributed by atoms with Crippen molar-refractivity contribution in [3.8, 4) is 0 Å². The molecule has 0 aliphatic rings. The fourth-order valence-corrected chi connectivity index (χ4v) is 2.20. The Morgan fingerprint density at radius 1 is 1.06 bits per heavy atom. The van der Waals surface area contributed by atoms with Crippen molar-refractivity contribution in [1.82, 2.24) is 0 Å². The molecule has 2 aromatic carbocycles. The van der Waals surface area contributed by atoms with Crippen LogP contribution >= 0.6 is 11.6 Å². The van der Waals surface area contributed by atoms with Crippen molar-refractivity contribution < 1.29 is 0 Å². The summed E-state index contributed by atoms with van der Waals surface area (Å²) < 4.78 is 0. The lowest BCUT2D eigenvalue weighted by atomic mass is 10.1. The average molecular weight is 261 g/mol. The van der Waals surface area contributed by atoms with Crippen LogP contribution in [-0.2, 0) is 6.54 Å². The van der Waals surface area contributed by atoms with Gasteiger partial charge >= 0.3 is 0 Å². The number of para-hydroxylation sites is 1. The molecular formula is C15H17ClN2. The smallest absolute Gasteiger partial charge is 0.0476 e. The van der Waals surface area contributed by atoms with Crippen LogP contribution in [0.5, 0.6) is 0 Å². The first kappa shape index (κ1) is 12.8. The number of anilines is 2. The molecule has 2 nitrogen and oxygen atoms in total. The second kappa shape index (κ2) is 5.78. The molecule has 0 spiro atoms. The molecule has 2 aromatic rings. The van der Waals surface area contributed by atoms with Crippen LogP contribution in [0.2, 0.25) is 5.02 Å². The van der Waals surface area contributed by atoms with Crippen LogP contribution in [-0.4, -0.2) is 6.54 Å². The highest BCUT2D eigenvalue weighted by molar-refractivity contribution is 6.31. The van der Waals surface area contributed by atoms with E-state index >= 15 is 0 Å². The van der Waals surface area contributed by atoms with Gasteiger partial charge in [0, 0.05) is 35.1 Å². The Kier molecular flexibility index (Phi) is 4.11. The lowest BCUT2D eigenvalue weighted by molar-refractivity contribution is 0.834. The second-order valence-electron chi connectivity index (χ2n) is 4.16. The number of rotatable bonds is 4. The maximum atomic E-state index is 6.21. The van der Waals surface area contributed by atoms with Gasteiger partial charge in [-0.25, -0.2) is 0 Å². The second-order valence-corrected chi connectivity index (χ2v) is 4.56. The maximum Gasteiger partial charge on any atom is 0.0476 e. The van der Waals surface area contributed by atoms with Crippen LogP contribution in [0.4, 0.5) is 11.4 Å². The Morgan fingerprint density at radius 2 is 1.78 bits per heavy atom. The standard InChI is InChI=1S/C15H17ClN2/c1-2-18(12-7-4-3-5-8-12)11-13-14(16)9-6-10-15(13)17/h3-10H,2,11,17H2,1H3. The number of nitrogens with zero attached hydrogens (tertiary/aromatic N) is 1. The van der Waals surface area contributed by atoms with E-state index in [2.05, 4.69) is 24.0 Å². The number of hydrogen-bond donors (Lipinski definition) is 1. The Bertz CT molecular complexity index is 491. The highest BCUT2D eigenvalue weighted by Crippen LogP contribution is 2.25. The summed E-state index contributed by atoms with van der Waals surface area (Å²) in [6.07, 6.45) is 0. The topological polar surface area (TPSA) is 29.3 Å². The Morgan fingerprint density at radius 3 is 2.39 bits per heavy atom. The van der Waals surface area contributed by atoms with Crippen LogP contribution in [0.15, 0.2) is 48.5 Å².